The van der Waals surface area contributed by atoms with Crippen molar-refractivity contribution in [3.8, 4) is 11.4 Å². The van der Waals surface area contributed by atoms with Gasteiger partial charge < -0.3 is 10.1 Å². The van der Waals surface area contributed by atoms with Gasteiger partial charge in [-0.3, -0.25) is 24.5 Å². The minimum absolute atomic E-state index is 0.0294. The van der Waals surface area contributed by atoms with E-state index in [2.05, 4.69) is 20.5 Å². The molecule has 2 aromatic heterocycles. The Labute approximate surface area is 182 Å². The molecule has 0 unspecified atom stereocenters. The number of non-ortho nitro benzene ring substituents is 1. The first-order valence-corrected chi connectivity index (χ1v) is 10.7. The number of anilines is 1. The summed E-state index contributed by atoms with van der Waals surface area (Å²) in [5.74, 6) is 0.587. The number of nitrogens with one attached hydrogen (secondary N) is 1. The van der Waals surface area contributed by atoms with Crippen LogP contribution in [-0.2, 0) is 16.1 Å². The molecule has 4 rings (SSSR count). The Morgan fingerprint density at radius 3 is 2.68 bits per heavy atom. The predicted octanol–water partition coefficient (Wildman–Crippen LogP) is 3.16. The maximum atomic E-state index is 12.4. The average molecular weight is 440 g/mol. The van der Waals surface area contributed by atoms with E-state index in [0.29, 0.717) is 23.2 Å². The number of nitro benzene ring substituents is 1. The molecule has 31 heavy (non-hydrogen) atoms. The van der Waals surface area contributed by atoms with Gasteiger partial charge in [-0.15, -0.1) is 10.2 Å². The molecule has 0 radical (unpaired) electrons. The number of hydrogen-bond donors (Lipinski definition) is 1. The lowest BCUT2D eigenvalue weighted by molar-refractivity contribution is -0.384. The molecule has 160 valence electrons. The SMILES string of the molecule is O=C(CSc1nnc(-c2ccncc2)n1C[C@H]1CCCO1)Nc1ccc([N+](=O)[O-])cc1. The Hall–Kier alpha value is -3.31. The van der Waals surface area contributed by atoms with Gasteiger partial charge in [0.2, 0.25) is 5.91 Å². The third-order valence-electron chi connectivity index (χ3n) is 4.76. The van der Waals surface area contributed by atoms with Crippen molar-refractivity contribution in [2.75, 3.05) is 17.7 Å². The van der Waals surface area contributed by atoms with Crippen molar-refractivity contribution in [1.82, 2.24) is 19.7 Å². The van der Waals surface area contributed by atoms with Gasteiger partial charge in [0.25, 0.3) is 5.69 Å². The number of carbonyl (C=O) groups excluding carboxylic acids is 1. The predicted molar refractivity (Wildman–Crippen MR) is 115 cm³/mol. The second kappa shape index (κ2) is 9.67. The number of benzene rings is 1. The fourth-order valence-corrected chi connectivity index (χ4v) is 4.01. The van der Waals surface area contributed by atoms with Gasteiger partial charge in [0.15, 0.2) is 11.0 Å². The van der Waals surface area contributed by atoms with E-state index in [0.717, 1.165) is 25.0 Å². The van der Waals surface area contributed by atoms with Gasteiger partial charge >= 0.3 is 0 Å². The molecule has 0 spiro atoms. The number of amides is 1. The van der Waals surface area contributed by atoms with E-state index in [4.69, 9.17) is 4.74 Å². The van der Waals surface area contributed by atoms with E-state index in [1.54, 1.807) is 12.4 Å². The highest BCUT2D eigenvalue weighted by Crippen LogP contribution is 2.26. The normalized spacial score (nSPS) is 15.7. The number of pyridine rings is 1. The Bertz CT molecular complexity index is 1050. The van der Waals surface area contributed by atoms with Crippen LogP contribution >= 0.6 is 11.8 Å². The molecular formula is C20H20N6O4S. The van der Waals surface area contributed by atoms with Crippen LogP contribution in [0.4, 0.5) is 11.4 Å². The molecule has 1 fully saturated rings. The first kappa shape index (κ1) is 20.9. The number of nitrogens with zero attached hydrogens (tertiary/aromatic N) is 5. The van der Waals surface area contributed by atoms with E-state index in [9.17, 15) is 14.9 Å². The molecule has 0 aliphatic carbocycles. The molecule has 1 aliphatic heterocycles. The number of hydrogen-bond acceptors (Lipinski definition) is 8. The Kier molecular flexibility index (Phi) is 6.53. The average Bonchev–Trinajstić information content (AvgIpc) is 3.44. The minimum atomic E-state index is -0.483. The quantitative estimate of drug-likeness (QED) is 0.322. The monoisotopic (exact) mass is 440 g/mol. The van der Waals surface area contributed by atoms with Crippen LogP contribution in [0.25, 0.3) is 11.4 Å². The van der Waals surface area contributed by atoms with Gasteiger partial charge in [0.1, 0.15) is 0 Å². The molecule has 10 nitrogen and oxygen atoms in total. The van der Waals surface area contributed by atoms with E-state index < -0.39 is 4.92 Å². The summed E-state index contributed by atoms with van der Waals surface area (Å²) in [5, 5.41) is 22.7. The zero-order valence-corrected chi connectivity index (χ0v) is 17.3. The van der Waals surface area contributed by atoms with Gasteiger partial charge in [0.05, 0.1) is 23.3 Å². The summed E-state index contributed by atoms with van der Waals surface area (Å²) < 4.78 is 7.76. The highest BCUT2D eigenvalue weighted by molar-refractivity contribution is 7.99. The third-order valence-corrected chi connectivity index (χ3v) is 5.73. The Morgan fingerprint density at radius 2 is 2.00 bits per heavy atom. The lowest BCUT2D eigenvalue weighted by atomic mass is 10.2. The fraction of sp³-hybridized carbons (Fsp3) is 0.300. The largest absolute Gasteiger partial charge is 0.376 e. The number of rotatable bonds is 8. The number of thioether (sulfide) groups is 1. The topological polar surface area (TPSA) is 125 Å². The molecule has 0 saturated carbocycles. The highest BCUT2D eigenvalue weighted by Gasteiger charge is 2.22. The molecule has 11 heteroatoms. The van der Waals surface area contributed by atoms with Crippen LogP contribution in [-0.4, -0.2) is 49.0 Å². The van der Waals surface area contributed by atoms with Crippen LogP contribution in [0.15, 0.2) is 53.9 Å². The molecular weight excluding hydrogens is 420 g/mol. The summed E-state index contributed by atoms with van der Waals surface area (Å²) in [6, 6.07) is 9.44. The summed E-state index contributed by atoms with van der Waals surface area (Å²) >= 11 is 1.28. The summed E-state index contributed by atoms with van der Waals surface area (Å²) in [5.41, 5.74) is 1.36. The molecule has 3 aromatic rings. The smallest absolute Gasteiger partial charge is 0.269 e. The molecule has 1 N–H and O–H groups in total. The zero-order chi connectivity index (χ0) is 21.6. The molecule has 1 atom stereocenters. The second-order valence-corrected chi connectivity index (χ2v) is 7.87. The molecule has 1 aromatic carbocycles. The Morgan fingerprint density at radius 1 is 1.23 bits per heavy atom. The standard InChI is InChI=1S/C20H20N6O4S/c27-18(22-15-3-5-16(6-4-15)26(28)29)13-31-20-24-23-19(14-7-9-21-10-8-14)25(20)12-17-2-1-11-30-17/h3-10,17H,1-2,11-13H2,(H,22,27)/t17-/m1/s1. The third kappa shape index (κ3) is 5.25. The van der Waals surface area contributed by atoms with Crippen molar-refractivity contribution in [3.63, 3.8) is 0 Å². The molecule has 3 heterocycles. The number of nitro groups is 1. The van der Waals surface area contributed by atoms with Gasteiger partial charge in [-0.25, -0.2) is 0 Å². The van der Waals surface area contributed by atoms with Gasteiger partial charge in [-0.2, -0.15) is 0 Å². The van der Waals surface area contributed by atoms with Crippen molar-refractivity contribution in [2.45, 2.75) is 30.6 Å². The summed E-state index contributed by atoms with van der Waals surface area (Å²) in [7, 11) is 0. The summed E-state index contributed by atoms with van der Waals surface area (Å²) in [6.45, 7) is 1.36. The van der Waals surface area contributed by atoms with Gasteiger partial charge in [0, 0.05) is 42.4 Å². The number of aromatic nitrogens is 4. The first-order chi connectivity index (χ1) is 15.1. The van der Waals surface area contributed by atoms with Crippen molar-refractivity contribution >= 4 is 29.0 Å². The van der Waals surface area contributed by atoms with Crippen LogP contribution < -0.4 is 5.32 Å². The van der Waals surface area contributed by atoms with Crippen LogP contribution in [0.5, 0.6) is 0 Å². The van der Waals surface area contributed by atoms with Crippen molar-refractivity contribution in [2.24, 2.45) is 0 Å². The van der Waals surface area contributed by atoms with Crippen LogP contribution in [0.3, 0.4) is 0 Å². The summed E-state index contributed by atoms with van der Waals surface area (Å²) in [4.78, 5) is 26.7. The van der Waals surface area contributed by atoms with Gasteiger partial charge in [-0.1, -0.05) is 11.8 Å². The van der Waals surface area contributed by atoms with E-state index >= 15 is 0 Å². The van der Waals surface area contributed by atoms with Crippen molar-refractivity contribution < 1.29 is 14.5 Å². The molecule has 1 amide bonds. The fourth-order valence-electron chi connectivity index (χ4n) is 3.26. The minimum Gasteiger partial charge on any atom is -0.376 e. The zero-order valence-electron chi connectivity index (χ0n) is 16.5. The molecule has 1 saturated heterocycles. The van der Waals surface area contributed by atoms with Crippen molar-refractivity contribution in [3.05, 3.63) is 58.9 Å². The lowest BCUT2D eigenvalue weighted by Gasteiger charge is -2.14. The van der Waals surface area contributed by atoms with Gasteiger partial charge in [-0.05, 0) is 37.1 Å². The Balaban J connectivity index is 1.45. The first-order valence-electron chi connectivity index (χ1n) is 9.72. The van der Waals surface area contributed by atoms with E-state index in [1.807, 2.05) is 16.7 Å². The number of carbonyl (C=O) groups is 1. The maximum Gasteiger partial charge on any atom is 0.269 e. The van der Waals surface area contributed by atoms with E-state index in [-0.39, 0.29) is 23.5 Å². The summed E-state index contributed by atoms with van der Waals surface area (Å²) in [6.07, 6.45) is 5.48. The number of ether oxygens (including phenoxy) is 1. The second-order valence-electron chi connectivity index (χ2n) is 6.93. The molecule has 1 aliphatic rings. The molecule has 0 bridgehead atoms. The van der Waals surface area contributed by atoms with Crippen LogP contribution in [0, 0.1) is 10.1 Å². The van der Waals surface area contributed by atoms with Crippen molar-refractivity contribution in [1.29, 1.82) is 0 Å². The highest BCUT2D eigenvalue weighted by atomic mass is 32.2. The maximum absolute atomic E-state index is 12.4. The lowest BCUT2D eigenvalue weighted by Crippen LogP contribution is -2.18. The van der Waals surface area contributed by atoms with Crippen LogP contribution in [0.1, 0.15) is 12.8 Å². The van der Waals surface area contributed by atoms with E-state index in [1.165, 1.54) is 36.0 Å². The van der Waals surface area contributed by atoms with Crippen LogP contribution in [0.2, 0.25) is 0 Å².